The molecule has 4 rings (SSSR count). The van der Waals surface area contributed by atoms with Crippen LogP contribution in [0.5, 0.6) is 5.75 Å². The Balaban J connectivity index is 1.33. The molecule has 0 spiro atoms. The van der Waals surface area contributed by atoms with Crippen molar-refractivity contribution in [2.45, 2.75) is 31.3 Å². The van der Waals surface area contributed by atoms with Crippen LogP contribution in [0.3, 0.4) is 0 Å². The van der Waals surface area contributed by atoms with Gasteiger partial charge in [0.25, 0.3) is 5.56 Å². The van der Waals surface area contributed by atoms with Gasteiger partial charge >= 0.3 is 0 Å². The fourth-order valence-corrected chi connectivity index (χ4v) is 5.13. The molecule has 194 valence electrons. The van der Waals surface area contributed by atoms with Gasteiger partial charge in [0.1, 0.15) is 0 Å². The Hall–Kier alpha value is -3.49. The second-order valence-electron chi connectivity index (χ2n) is 9.17. The molecule has 1 aliphatic heterocycles. The molecule has 0 radical (unpaired) electrons. The maximum atomic E-state index is 11.7. The van der Waals surface area contributed by atoms with Crippen molar-refractivity contribution >= 4 is 10.0 Å². The third-order valence-corrected chi connectivity index (χ3v) is 7.74. The maximum absolute atomic E-state index is 11.7. The van der Waals surface area contributed by atoms with Crippen molar-refractivity contribution in [3.8, 4) is 17.6 Å². The molecule has 1 aromatic heterocycles. The van der Waals surface area contributed by atoms with Gasteiger partial charge in [-0.05, 0) is 41.8 Å². The van der Waals surface area contributed by atoms with Crippen molar-refractivity contribution in [1.82, 2.24) is 19.6 Å². The van der Waals surface area contributed by atoms with Gasteiger partial charge in [0, 0.05) is 49.1 Å². The van der Waals surface area contributed by atoms with E-state index >= 15 is 0 Å². The van der Waals surface area contributed by atoms with E-state index in [1.54, 1.807) is 0 Å². The third kappa shape index (κ3) is 7.05. The van der Waals surface area contributed by atoms with Gasteiger partial charge in [0.15, 0.2) is 0 Å². The molecule has 9 nitrogen and oxygen atoms in total. The summed E-state index contributed by atoms with van der Waals surface area (Å²) in [6, 6.07) is 15.6. The van der Waals surface area contributed by atoms with E-state index < -0.39 is 21.3 Å². The molecule has 1 fully saturated rings. The third-order valence-electron chi connectivity index (χ3n) is 6.47. The second-order valence-corrected chi connectivity index (χ2v) is 11.1. The van der Waals surface area contributed by atoms with Gasteiger partial charge in [0.2, 0.25) is 15.8 Å². The average Bonchev–Trinajstić information content (AvgIpc) is 3.38. The average molecular weight is 523 g/mol. The highest BCUT2D eigenvalue weighted by Gasteiger charge is 2.27. The lowest BCUT2D eigenvalue weighted by Crippen LogP contribution is -2.34. The van der Waals surface area contributed by atoms with Gasteiger partial charge in [-0.1, -0.05) is 36.1 Å². The first-order valence-electron chi connectivity index (χ1n) is 12.0. The summed E-state index contributed by atoms with van der Waals surface area (Å²) >= 11 is 0. The van der Waals surface area contributed by atoms with Crippen molar-refractivity contribution in [3.63, 3.8) is 0 Å². The molecule has 37 heavy (non-hydrogen) atoms. The van der Waals surface area contributed by atoms with E-state index in [4.69, 9.17) is 0 Å². The standard InChI is InChI=1S/C27H30N4O5S/c1-37(35,36)31-13-12-24(16-31)28-15-21-6-4-19(5-7-21)2-3-20-8-10-22(11-9-20)23(17-32)14-25-26(33)27(34)30-18-29-25/h4-11,18,23-24,28,32-33H,12-17H2,1H3,(H,29,30,34)/t23-,24-/m1/s1. The van der Waals surface area contributed by atoms with Gasteiger partial charge in [-0.15, -0.1) is 0 Å². The number of rotatable bonds is 8. The number of hydrogen-bond acceptors (Lipinski definition) is 7. The summed E-state index contributed by atoms with van der Waals surface area (Å²) in [5.41, 5.74) is 3.29. The molecule has 1 saturated heterocycles. The zero-order valence-electron chi connectivity index (χ0n) is 20.5. The summed E-state index contributed by atoms with van der Waals surface area (Å²) in [7, 11) is -3.13. The molecule has 0 unspecified atom stereocenters. The smallest absolute Gasteiger partial charge is 0.293 e. The fraction of sp³-hybridized carbons (Fsp3) is 0.333. The number of aromatic hydroxyl groups is 1. The van der Waals surface area contributed by atoms with Crippen LogP contribution in [0.2, 0.25) is 0 Å². The predicted molar refractivity (Wildman–Crippen MR) is 141 cm³/mol. The van der Waals surface area contributed by atoms with E-state index in [9.17, 15) is 23.4 Å². The Morgan fingerprint density at radius 3 is 2.38 bits per heavy atom. The Morgan fingerprint density at radius 2 is 1.78 bits per heavy atom. The van der Waals surface area contributed by atoms with E-state index in [0.717, 1.165) is 28.7 Å². The first kappa shape index (κ1) is 26.6. The molecule has 0 amide bonds. The lowest BCUT2D eigenvalue weighted by atomic mass is 9.94. The first-order chi connectivity index (χ1) is 17.7. The lowest BCUT2D eigenvalue weighted by Gasteiger charge is -2.14. The zero-order chi connectivity index (χ0) is 26.4. The number of H-pyrrole nitrogens is 1. The van der Waals surface area contributed by atoms with Gasteiger partial charge in [-0.3, -0.25) is 4.79 Å². The number of benzene rings is 2. The minimum atomic E-state index is -3.13. The molecule has 1 aliphatic rings. The maximum Gasteiger partial charge on any atom is 0.293 e. The Labute approximate surface area is 216 Å². The molecule has 0 aliphatic carbocycles. The highest BCUT2D eigenvalue weighted by atomic mass is 32.2. The van der Waals surface area contributed by atoms with Crippen LogP contribution >= 0.6 is 0 Å². The minimum absolute atomic E-state index is 0.153. The van der Waals surface area contributed by atoms with Crippen LogP contribution in [-0.4, -0.2) is 64.9 Å². The quantitative estimate of drug-likeness (QED) is 0.328. The number of hydrogen-bond donors (Lipinski definition) is 4. The highest BCUT2D eigenvalue weighted by Crippen LogP contribution is 2.22. The number of aromatic nitrogens is 2. The van der Waals surface area contributed by atoms with Crippen LogP contribution in [-0.2, 0) is 23.0 Å². The molecule has 10 heteroatoms. The van der Waals surface area contributed by atoms with Gasteiger partial charge < -0.3 is 20.5 Å². The number of aromatic amines is 1. The van der Waals surface area contributed by atoms with Gasteiger partial charge in [-0.2, -0.15) is 0 Å². The van der Waals surface area contributed by atoms with E-state index in [1.165, 1.54) is 16.9 Å². The van der Waals surface area contributed by atoms with Crippen LogP contribution < -0.4 is 10.9 Å². The van der Waals surface area contributed by atoms with Crippen LogP contribution in [0, 0.1) is 11.8 Å². The highest BCUT2D eigenvalue weighted by molar-refractivity contribution is 7.88. The molecular formula is C27H30N4O5S. The molecular weight excluding hydrogens is 492 g/mol. The van der Waals surface area contributed by atoms with Crippen molar-refractivity contribution in [3.05, 3.63) is 93.2 Å². The van der Waals surface area contributed by atoms with Crippen molar-refractivity contribution in [1.29, 1.82) is 0 Å². The topological polar surface area (TPSA) is 136 Å². The lowest BCUT2D eigenvalue weighted by molar-refractivity contribution is 0.263. The summed E-state index contributed by atoms with van der Waals surface area (Å²) in [5, 5.41) is 23.2. The minimum Gasteiger partial charge on any atom is -0.502 e. The van der Waals surface area contributed by atoms with E-state index in [0.29, 0.717) is 19.6 Å². The number of aliphatic hydroxyl groups is 1. The Kier molecular flexibility index (Phi) is 8.41. The van der Waals surface area contributed by atoms with Crippen molar-refractivity contribution in [2.24, 2.45) is 0 Å². The van der Waals surface area contributed by atoms with Crippen LogP contribution in [0.15, 0.2) is 59.7 Å². The van der Waals surface area contributed by atoms with Gasteiger partial charge in [-0.25, -0.2) is 17.7 Å². The fourth-order valence-electron chi connectivity index (χ4n) is 4.25. The van der Waals surface area contributed by atoms with Crippen LogP contribution in [0.4, 0.5) is 0 Å². The Bertz CT molecular complexity index is 1440. The van der Waals surface area contributed by atoms with E-state index in [1.807, 2.05) is 48.5 Å². The van der Waals surface area contributed by atoms with Crippen molar-refractivity contribution in [2.75, 3.05) is 26.0 Å². The summed E-state index contributed by atoms with van der Waals surface area (Å²) in [4.78, 5) is 17.9. The van der Waals surface area contributed by atoms with E-state index in [-0.39, 0.29) is 30.7 Å². The summed E-state index contributed by atoms with van der Waals surface area (Å²) in [6.07, 6.45) is 3.52. The summed E-state index contributed by atoms with van der Waals surface area (Å²) in [6.45, 7) is 1.57. The number of nitrogens with zero attached hydrogens (tertiary/aromatic N) is 2. The number of nitrogens with one attached hydrogen (secondary N) is 2. The monoisotopic (exact) mass is 522 g/mol. The molecule has 0 saturated carbocycles. The molecule has 4 N–H and O–H groups in total. The van der Waals surface area contributed by atoms with Crippen LogP contribution in [0.25, 0.3) is 0 Å². The molecule has 2 aromatic carbocycles. The molecule has 2 heterocycles. The normalized spacial score (nSPS) is 16.8. The summed E-state index contributed by atoms with van der Waals surface area (Å²) < 4.78 is 24.8. The zero-order valence-corrected chi connectivity index (χ0v) is 21.3. The molecule has 0 bridgehead atoms. The first-order valence-corrected chi connectivity index (χ1v) is 13.8. The van der Waals surface area contributed by atoms with Crippen molar-refractivity contribution < 1.29 is 18.6 Å². The van der Waals surface area contributed by atoms with Crippen LogP contribution in [0.1, 0.15) is 40.3 Å². The van der Waals surface area contributed by atoms with Gasteiger partial charge in [0.05, 0.1) is 24.9 Å². The largest absolute Gasteiger partial charge is 0.502 e. The predicted octanol–water partition coefficient (Wildman–Crippen LogP) is 1.32. The van der Waals surface area contributed by atoms with E-state index in [2.05, 4.69) is 27.1 Å². The molecule has 2 atom stereocenters. The Morgan fingerprint density at radius 1 is 1.14 bits per heavy atom. The summed E-state index contributed by atoms with van der Waals surface area (Å²) in [5.74, 6) is 5.54. The second kappa shape index (κ2) is 11.7. The number of sulfonamides is 1. The number of aliphatic hydroxyl groups excluding tert-OH is 1. The molecule has 3 aromatic rings. The SMILES string of the molecule is CS(=O)(=O)N1CC[C@@H](NCc2ccc(C#Cc3ccc([C@@H](CO)Cc4nc[nH]c(=O)c4O)cc3)cc2)C1.